The standard InChI is InChI=1S/C16H13BrCl4/c17-13-5-2-1-4-12(13)16(9-18,10-19)8-11-14(20)6-3-7-15(11)21/h1-7H,8-10H2. The number of hydrogen-bond acceptors (Lipinski definition) is 0. The zero-order valence-electron chi connectivity index (χ0n) is 11.1. The molecule has 112 valence electrons. The van der Waals surface area contributed by atoms with Gasteiger partial charge in [-0.1, -0.05) is 63.4 Å². The van der Waals surface area contributed by atoms with Crippen molar-refractivity contribution in [3.63, 3.8) is 0 Å². The first-order valence-corrected chi connectivity index (χ1v) is 8.96. The van der Waals surface area contributed by atoms with E-state index in [1.54, 1.807) is 0 Å². The van der Waals surface area contributed by atoms with Crippen LogP contribution < -0.4 is 0 Å². The van der Waals surface area contributed by atoms with Crippen molar-refractivity contribution in [1.82, 2.24) is 0 Å². The average molecular weight is 427 g/mol. The van der Waals surface area contributed by atoms with Gasteiger partial charge >= 0.3 is 0 Å². The number of hydrogen-bond donors (Lipinski definition) is 0. The van der Waals surface area contributed by atoms with Crippen LogP contribution in [0, 0.1) is 0 Å². The van der Waals surface area contributed by atoms with Crippen LogP contribution in [0.25, 0.3) is 0 Å². The Hall–Kier alpha value is 0.0800. The van der Waals surface area contributed by atoms with Crippen molar-refractivity contribution in [2.45, 2.75) is 11.8 Å². The number of rotatable bonds is 5. The molecule has 0 unspecified atom stereocenters. The quantitative estimate of drug-likeness (QED) is 0.466. The lowest BCUT2D eigenvalue weighted by Crippen LogP contribution is -2.34. The molecule has 0 saturated carbocycles. The summed E-state index contributed by atoms with van der Waals surface area (Å²) in [4.78, 5) is 0. The molecule has 2 aromatic carbocycles. The van der Waals surface area contributed by atoms with E-state index < -0.39 is 5.41 Å². The van der Waals surface area contributed by atoms with Crippen molar-refractivity contribution < 1.29 is 0 Å². The van der Waals surface area contributed by atoms with Gasteiger partial charge in [-0.2, -0.15) is 0 Å². The van der Waals surface area contributed by atoms with Crippen molar-refractivity contribution >= 4 is 62.3 Å². The summed E-state index contributed by atoms with van der Waals surface area (Å²) in [5.74, 6) is 0.751. The van der Waals surface area contributed by atoms with E-state index in [-0.39, 0.29) is 0 Å². The van der Waals surface area contributed by atoms with Gasteiger partial charge in [-0.3, -0.25) is 0 Å². The summed E-state index contributed by atoms with van der Waals surface area (Å²) in [6, 6.07) is 13.4. The topological polar surface area (TPSA) is 0 Å². The number of halogens is 5. The van der Waals surface area contributed by atoms with E-state index in [9.17, 15) is 0 Å². The van der Waals surface area contributed by atoms with E-state index in [0.29, 0.717) is 28.2 Å². The highest BCUT2D eigenvalue weighted by Crippen LogP contribution is 2.39. The minimum atomic E-state index is -0.433. The van der Waals surface area contributed by atoms with Crippen LogP contribution in [0.3, 0.4) is 0 Å². The normalized spacial score (nSPS) is 11.7. The molecule has 2 rings (SSSR count). The third kappa shape index (κ3) is 3.71. The van der Waals surface area contributed by atoms with Crippen molar-refractivity contribution in [3.05, 3.63) is 68.1 Å². The van der Waals surface area contributed by atoms with E-state index in [4.69, 9.17) is 46.4 Å². The molecule has 21 heavy (non-hydrogen) atoms. The predicted molar refractivity (Wildman–Crippen MR) is 97.4 cm³/mol. The lowest BCUT2D eigenvalue weighted by Gasteiger charge is -2.32. The first-order valence-electron chi connectivity index (χ1n) is 6.34. The molecule has 0 spiro atoms. The summed E-state index contributed by atoms with van der Waals surface area (Å²) in [7, 11) is 0. The predicted octanol–water partition coefficient (Wildman–Crippen LogP) is 6.71. The molecule has 0 N–H and O–H groups in total. The third-order valence-corrected chi connectivity index (χ3v) is 5.96. The molecule has 5 heteroatoms. The molecule has 0 heterocycles. The van der Waals surface area contributed by atoms with Crippen LogP contribution in [-0.4, -0.2) is 11.8 Å². The van der Waals surface area contributed by atoms with E-state index >= 15 is 0 Å². The molecule has 0 saturated heterocycles. The molecular weight excluding hydrogens is 414 g/mol. The lowest BCUT2D eigenvalue weighted by molar-refractivity contribution is 0.534. The van der Waals surface area contributed by atoms with Gasteiger partial charge in [-0.15, -0.1) is 23.2 Å². The summed E-state index contributed by atoms with van der Waals surface area (Å²) in [6.07, 6.45) is 0.584. The maximum atomic E-state index is 6.29. The third-order valence-electron chi connectivity index (χ3n) is 3.53. The largest absolute Gasteiger partial charge is 0.126 e. The highest BCUT2D eigenvalue weighted by atomic mass is 79.9. The van der Waals surface area contributed by atoms with E-state index in [0.717, 1.165) is 15.6 Å². The van der Waals surface area contributed by atoms with Gasteiger partial charge < -0.3 is 0 Å². The number of benzene rings is 2. The van der Waals surface area contributed by atoms with Gasteiger partial charge in [0.25, 0.3) is 0 Å². The summed E-state index contributed by atoms with van der Waals surface area (Å²) < 4.78 is 0.981. The zero-order valence-corrected chi connectivity index (χ0v) is 15.7. The average Bonchev–Trinajstić information content (AvgIpc) is 2.49. The van der Waals surface area contributed by atoms with Crippen LogP contribution >= 0.6 is 62.3 Å². The molecule has 0 atom stereocenters. The van der Waals surface area contributed by atoms with Gasteiger partial charge in [0.15, 0.2) is 0 Å². The van der Waals surface area contributed by atoms with Gasteiger partial charge in [0, 0.05) is 31.7 Å². The second kappa shape index (κ2) is 7.57. The molecule has 0 aliphatic rings. The van der Waals surface area contributed by atoms with Crippen molar-refractivity contribution in [2.75, 3.05) is 11.8 Å². The monoisotopic (exact) mass is 424 g/mol. The Bertz CT molecular complexity index is 603. The van der Waals surface area contributed by atoms with Gasteiger partial charge in [0.1, 0.15) is 0 Å². The first-order chi connectivity index (χ1) is 10.0. The fourth-order valence-electron chi connectivity index (χ4n) is 2.30. The molecule has 0 aromatic heterocycles. The minimum Gasteiger partial charge on any atom is -0.126 e. The highest BCUT2D eigenvalue weighted by molar-refractivity contribution is 9.10. The Kier molecular flexibility index (Phi) is 6.28. The maximum Gasteiger partial charge on any atom is 0.0453 e. The van der Waals surface area contributed by atoms with E-state index in [1.165, 1.54) is 0 Å². The molecule has 2 aromatic rings. The van der Waals surface area contributed by atoms with Gasteiger partial charge in [0.2, 0.25) is 0 Å². The van der Waals surface area contributed by atoms with E-state index in [1.807, 2.05) is 42.5 Å². The highest BCUT2D eigenvalue weighted by Gasteiger charge is 2.34. The number of alkyl halides is 2. The summed E-state index contributed by atoms with van der Waals surface area (Å²) in [5, 5.41) is 1.27. The lowest BCUT2D eigenvalue weighted by atomic mass is 9.78. The summed E-state index contributed by atoms with van der Waals surface area (Å²) in [6.45, 7) is 0. The van der Waals surface area contributed by atoms with Crippen molar-refractivity contribution in [1.29, 1.82) is 0 Å². The Labute approximate surface area is 153 Å². The maximum absolute atomic E-state index is 6.29. The smallest absolute Gasteiger partial charge is 0.0453 e. The van der Waals surface area contributed by atoms with Crippen LogP contribution in [-0.2, 0) is 11.8 Å². The van der Waals surface area contributed by atoms with Crippen molar-refractivity contribution in [2.24, 2.45) is 0 Å². The molecule has 0 radical (unpaired) electrons. The van der Waals surface area contributed by atoms with Gasteiger partial charge in [0.05, 0.1) is 0 Å². The molecule has 0 aliphatic heterocycles. The molecule has 0 amide bonds. The van der Waals surface area contributed by atoms with Crippen molar-refractivity contribution in [3.8, 4) is 0 Å². The second-order valence-electron chi connectivity index (χ2n) is 4.90. The minimum absolute atomic E-state index is 0.376. The Balaban J connectivity index is 2.51. The Morgan fingerprint density at radius 1 is 0.857 bits per heavy atom. The van der Waals surface area contributed by atoms with Crippen LogP contribution in [0.5, 0.6) is 0 Å². The van der Waals surface area contributed by atoms with Crippen LogP contribution in [0.1, 0.15) is 11.1 Å². The van der Waals surface area contributed by atoms with Crippen LogP contribution in [0.4, 0.5) is 0 Å². The Morgan fingerprint density at radius 2 is 1.43 bits per heavy atom. The molecule has 0 aliphatic carbocycles. The SMILES string of the molecule is ClCC(CCl)(Cc1c(Cl)cccc1Cl)c1ccccc1Br. The van der Waals surface area contributed by atoms with Gasteiger partial charge in [-0.05, 0) is 35.7 Å². The molecular formula is C16H13BrCl4. The van der Waals surface area contributed by atoms with E-state index in [2.05, 4.69) is 15.9 Å². The Morgan fingerprint density at radius 3 is 1.95 bits per heavy atom. The molecule has 0 fully saturated rings. The second-order valence-corrected chi connectivity index (χ2v) is 7.11. The zero-order chi connectivity index (χ0) is 15.5. The molecule has 0 nitrogen and oxygen atoms in total. The fraction of sp³-hybridized carbons (Fsp3) is 0.250. The van der Waals surface area contributed by atoms with Crippen LogP contribution in [0.2, 0.25) is 10.0 Å². The first kappa shape index (κ1) is 17.4. The fourth-order valence-corrected chi connectivity index (χ4v) is 4.30. The summed E-state index contributed by atoms with van der Waals surface area (Å²) in [5.41, 5.74) is 1.50. The molecule has 0 bridgehead atoms. The summed E-state index contributed by atoms with van der Waals surface area (Å²) >= 11 is 28.8. The van der Waals surface area contributed by atoms with Crippen LogP contribution in [0.15, 0.2) is 46.9 Å². The van der Waals surface area contributed by atoms with Gasteiger partial charge in [-0.25, -0.2) is 0 Å².